The molecule has 12 nitrogen and oxygen atoms in total. The number of aliphatic hydroxyl groups is 3. The van der Waals surface area contributed by atoms with Crippen LogP contribution in [0.2, 0.25) is 0 Å². The Balaban J connectivity index is 0.000000354. The van der Waals surface area contributed by atoms with Gasteiger partial charge in [-0.05, 0) is 133 Å². The Morgan fingerprint density at radius 2 is 0.780 bits per heavy atom. The Hall–Kier alpha value is -4.94. The molecule has 0 heterocycles. The number of carbonyl (C=O) groups is 3. The van der Waals surface area contributed by atoms with Crippen LogP contribution in [0.3, 0.4) is 0 Å². The van der Waals surface area contributed by atoms with E-state index in [4.69, 9.17) is 11.1 Å². The molecule has 0 radical (unpaired) electrons. The number of esters is 1. The average Bonchev–Trinajstić information content (AvgIpc) is 1.53. The van der Waals surface area contributed by atoms with Crippen LogP contribution in [0.15, 0.2) is 212 Å². The summed E-state index contributed by atoms with van der Waals surface area (Å²) in [7, 11) is 0. The van der Waals surface area contributed by atoms with Crippen LogP contribution < -0.4 is 5.73 Å². The number of nitrogens with zero attached hydrogens (tertiary/aromatic N) is 3. The number of halogens is 3. The summed E-state index contributed by atoms with van der Waals surface area (Å²) in [5.74, 6) is -1.20. The number of aryl methyl sites for hydroxylation is 1. The first-order valence-corrected chi connectivity index (χ1v) is 48.3. The second-order valence-electron chi connectivity index (χ2n) is 27.2. The number of ketones is 1. The van der Waals surface area contributed by atoms with Gasteiger partial charge in [-0.3, -0.25) is 19.5 Å². The Labute approximate surface area is 632 Å². The third kappa shape index (κ3) is 35.0. The Morgan fingerprint density at radius 1 is 0.510 bits per heavy atom. The monoisotopic (exact) mass is 1710 g/mol. The summed E-state index contributed by atoms with van der Waals surface area (Å²) in [5, 5.41) is 42.1. The van der Waals surface area contributed by atoms with E-state index in [0.717, 1.165) is 93.0 Å². The fraction of sp³-hybridized carbons (Fsp3) is 0.471. The molecule has 15 heteroatoms. The van der Waals surface area contributed by atoms with Gasteiger partial charge in [0.25, 0.3) is 0 Å². The minimum atomic E-state index is -1.41. The van der Waals surface area contributed by atoms with E-state index in [1.54, 1.807) is 0 Å². The molecule has 9 rings (SSSR count). The summed E-state index contributed by atoms with van der Waals surface area (Å²) in [4.78, 5) is 43.9. The van der Waals surface area contributed by atoms with Crippen molar-refractivity contribution in [1.82, 2.24) is 14.7 Å². The number of carboxylic acid groups (broad SMARTS) is 1. The number of aliphatic carboxylic acids is 1. The van der Waals surface area contributed by atoms with Crippen LogP contribution in [0, 0.1) is 12.8 Å². The van der Waals surface area contributed by atoms with Crippen LogP contribution in [-0.2, 0) is 38.8 Å². The molecule has 9 atom stereocenters. The third-order valence-electron chi connectivity index (χ3n) is 17.9. The second kappa shape index (κ2) is 50.5. The number of Topliss-reactive ketones (excluding diaryl/α,β-unsaturated/α-hetero) is 1. The number of hydrogen-bond donors (Lipinski definition) is 5. The van der Waals surface area contributed by atoms with Gasteiger partial charge in [0.05, 0.1) is 0 Å². The van der Waals surface area contributed by atoms with Crippen molar-refractivity contribution < 1.29 is 39.5 Å². The van der Waals surface area contributed by atoms with Gasteiger partial charge in [0, 0.05) is 68.3 Å². The van der Waals surface area contributed by atoms with Crippen molar-refractivity contribution in [3.63, 3.8) is 0 Å². The molecule has 0 aliphatic heterocycles. The van der Waals surface area contributed by atoms with E-state index in [0.29, 0.717) is 37.9 Å². The molecule has 100 heavy (non-hydrogen) atoms. The van der Waals surface area contributed by atoms with Crippen LogP contribution in [0.25, 0.3) is 0 Å². The van der Waals surface area contributed by atoms with Crippen LogP contribution in [-0.4, -0.2) is 102 Å². The third-order valence-corrected chi connectivity index (χ3v) is 17.9. The van der Waals surface area contributed by atoms with Gasteiger partial charge in [0.15, 0.2) is 18.0 Å². The maximum absolute atomic E-state index is 12.8. The first-order chi connectivity index (χ1) is 47.9. The van der Waals surface area contributed by atoms with Gasteiger partial charge in [-0.15, -0.1) is 0 Å². The van der Waals surface area contributed by atoms with E-state index in [1.807, 2.05) is 148 Å². The van der Waals surface area contributed by atoms with Crippen molar-refractivity contribution in [2.75, 3.05) is 0 Å². The van der Waals surface area contributed by atoms with Gasteiger partial charge in [0.2, 0.25) is 0 Å². The van der Waals surface area contributed by atoms with E-state index in [1.165, 1.54) is 29.5 Å². The molecule has 0 aromatic heterocycles. The summed E-state index contributed by atoms with van der Waals surface area (Å²) < 4.78 is 12.2. The fourth-order valence-corrected chi connectivity index (χ4v) is 11.8. The Morgan fingerprint density at radius 3 is 1.02 bits per heavy atom. The van der Waals surface area contributed by atoms with Crippen molar-refractivity contribution in [2.24, 2.45) is 11.7 Å². The summed E-state index contributed by atoms with van der Waals surface area (Å²) in [6, 6.07) is 71.3. The molecule has 0 amide bonds. The van der Waals surface area contributed by atoms with Crippen LogP contribution >= 0.6 is 50.3 Å². The topological polar surface area (TPSA) is 177 Å². The van der Waals surface area contributed by atoms with E-state index >= 15 is 0 Å². The van der Waals surface area contributed by atoms with Gasteiger partial charge in [-0.2, -0.15) is 0 Å². The van der Waals surface area contributed by atoms with Crippen molar-refractivity contribution in [3.8, 4) is 0 Å². The van der Waals surface area contributed by atoms with Crippen LogP contribution in [0.5, 0.6) is 0 Å². The first kappa shape index (κ1) is 87.5. The number of carbonyl (C=O) groups excluding carboxylic acids is 2. The normalized spacial score (nSPS) is 15.4. The molecule has 2 saturated carbocycles. The predicted molar refractivity (Wildman–Crippen MR) is 443 cm³/mol. The van der Waals surface area contributed by atoms with Crippen LogP contribution in [0.1, 0.15) is 217 Å². The number of benzene rings is 7. The standard InChI is InChI=1S/C26H37NO3.C26H35NO2.C22H29NO3.C7H8.C3H7N.CH4.HI3/c1-6-7-18-23(24(28)25(29)30-26(3,4)5)27(19-21-14-10-8-11-15-21)20(2)22-16-12-9-13-17-22;1-3-4-15-24(26(29)25(28)18-21-16-17-21)27(19-22-11-7-5-8-12-22)20(2)23-13-9-6-10-14-23;1-3-4-15-20(21(24)22(25)26)23(16-18-11-7-5-8-12-18)17(2)19-13-9-6-10-14-19;1-7-5-3-2-4-6-7;4-3-1-2-3;;1-3-2/h8-17,20,23-24,28H,6-7,18-19H2,1-5H3;5-14,20-21,24,26,29H,3-4,15-19H2,1-2H3;5-14,17,20-21,24H,3-4,15-16H2,1-2H3,(H,25,26);2-6H,1H3;3H,1-2,4H2;1H4;3H/t20-,23-,24-;20?,24-,26-;17-,20-,21-;;;;/m000..../s1/i;;;;;;3D. The quantitative estimate of drug-likeness (QED) is 0.0200. The number of unbranched alkanes of at least 4 members (excludes halogenated alkanes) is 3. The van der Waals surface area contributed by atoms with Crippen molar-refractivity contribution in [1.29, 1.82) is 0.594 Å². The number of rotatable bonds is 32. The molecule has 2 fully saturated rings. The second-order valence-corrected chi connectivity index (χ2v) is 43.5. The maximum atomic E-state index is 12.8. The predicted octanol–water partition coefficient (Wildman–Crippen LogP) is 20.4. The number of aliphatic hydroxyl groups excluding tert-OH is 3. The number of hydrogen-bond acceptors (Lipinski definition) is 11. The minimum absolute atomic E-state index is 0. The Bertz CT molecular complexity index is 3250. The number of ether oxygens (including phenoxy) is 1. The number of carboxylic acids is 1. The zero-order valence-electron chi connectivity index (χ0n) is 61.6. The molecule has 0 spiro atoms. The molecule has 7 aromatic carbocycles. The van der Waals surface area contributed by atoms with Gasteiger partial charge in [0.1, 0.15) is 11.7 Å². The summed E-state index contributed by atoms with van der Waals surface area (Å²) in [5.41, 5.74) is 12.9. The molecule has 6 N–H and O–H groups in total. The van der Waals surface area contributed by atoms with Crippen molar-refractivity contribution in [3.05, 3.63) is 251 Å². The zero-order chi connectivity index (χ0) is 73.4. The first-order valence-electron chi connectivity index (χ1n) is 36.2. The SMILES string of the molecule is C.CCCC[C@@H]([C@H](O)C(=O)CC1CC1)N(Cc1ccccc1)C(C)c1ccccc1.CCCC[C@@H]([C@H](O)C(=O)O)N(Cc1ccccc1)[C@@H](C)c1ccccc1.CCCC[C@@H]([C@H](O)C(=O)OC(C)(C)C)N(Cc1ccccc1)[C@@H](C)c1ccccc1.Cc1ccccc1.NC1CC1.[2H]I(I)I. The molecular weight excluding hydrogens is 1590 g/mol. The van der Waals surface area contributed by atoms with E-state index < -0.39 is 55.0 Å². The molecule has 2 aliphatic carbocycles. The molecular formula is C85H121I3N4O8. The molecule has 1 unspecified atom stereocenters. The fourth-order valence-electron chi connectivity index (χ4n) is 11.8. The molecule has 7 aromatic rings. The van der Waals surface area contributed by atoms with Gasteiger partial charge >= 0.3 is 62.8 Å². The van der Waals surface area contributed by atoms with Gasteiger partial charge in [-0.1, -0.05) is 285 Å². The van der Waals surface area contributed by atoms with Crippen molar-refractivity contribution in [2.45, 2.75) is 252 Å². The summed E-state index contributed by atoms with van der Waals surface area (Å²) >= 11 is 3.23. The molecule has 2 aliphatic rings. The molecule has 550 valence electrons. The van der Waals surface area contributed by atoms with Gasteiger partial charge < -0.3 is 30.9 Å². The molecule has 0 bridgehead atoms. The van der Waals surface area contributed by atoms with E-state index in [-0.39, 0.29) is 43.4 Å². The zero-order valence-corrected chi connectivity index (χ0v) is 67.0. The van der Waals surface area contributed by atoms with E-state index in [2.05, 4.69) is 185 Å². The van der Waals surface area contributed by atoms with Gasteiger partial charge in [-0.25, -0.2) is 9.59 Å². The molecule has 0 saturated heterocycles. The Kier molecular flexibility index (Phi) is 44.1. The summed E-state index contributed by atoms with van der Waals surface area (Å²) in [6.45, 7) is 22.3. The van der Waals surface area contributed by atoms with Crippen LogP contribution in [0.4, 0.5) is 0 Å². The van der Waals surface area contributed by atoms with Crippen molar-refractivity contribution >= 4 is 68.0 Å². The number of nitrogens with two attached hydrogens (primary N) is 1. The average molecular weight is 1710 g/mol. The van der Waals surface area contributed by atoms with E-state index in [9.17, 15) is 34.8 Å². The summed E-state index contributed by atoms with van der Waals surface area (Å²) in [6.07, 6.45) is 9.81.